The Morgan fingerprint density at radius 2 is 1.58 bits per heavy atom. The predicted octanol–water partition coefficient (Wildman–Crippen LogP) is 8.61. The molecule has 1 aliphatic rings. The molecule has 0 spiro atoms. The monoisotopic (exact) mass is 567 g/mol. The summed E-state index contributed by atoms with van der Waals surface area (Å²) < 4.78 is 5.29. The summed E-state index contributed by atoms with van der Waals surface area (Å²) in [7, 11) is 1.67. The van der Waals surface area contributed by atoms with Crippen molar-refractivity contribution in [2.24, 2.45) is 0 Å². The van der Waals surface area contributed by atoms with Crippen LogP contribution < -0.4 is 10.1 Å². The van der Waals surface area contributed by atoms with E-state index in [2.05, 4.69) is 79.0 Å². The van der Waals surface area contributed by atoms with Gasteiger partial charge in [0.15, 0.2) is 0 Å². The van der Waals surface area contributed by atoms with Crippen molar-refractivity contribution in [3.63, 3.8) is 0 Å². The summed E-state index contributed by atoms with van der Waals surface area (Å²) in [6.45, 7) is 3.60. The molecular formula is C38H37N3O2. The quantitative estimate of drug-likeness (QED) is 0.191. The number of nitrogens with zero attached hydrogens (tertiary/aromatic N) is 2. The van der Waals surface area contributed by atoms with Crippen molar-refractivity contribution in [1.82, 2.24) is 9.88 Å². The molecule has 5 aromatic rings. The van der Waals surface area contributed by atoms with E-state index < -0.39 is 0 Å². The number of carbonyl (C=O) groups is 1. The normalized spacial score (nSPS) is 14.6. The van der Waals surface area contributed by atoms with Gasteiger partial charge in [-0.1, -0.05) is 103 Å². The number of hydrogen-bond acceptors (Lipinski definition) is 4. The second kappa shape index (κ2) is 13.0. The molecule has 43 heavy (non-hydrogen) atoms. The van der Waals surface area contributed by atoms with Gasteiger partial charge >= 0.3 is 0 Å². The maximum absolute atomic E-state index is 14.1. The smallest absolute Gasteiger partial charge is 0.257 e. The van der Waals surface area contributed by atoms with Crippen molar-refractivity contribution >= 4 is 34.6 Å². The molecular weight excluding hydrogens is 530 g/mol. The van der Waals surface area contributed by atoms with Gasteiger partial charge in [-0.25, -0.2) is 0 Å². The van der Waals surface area contributed by atoms with Crippen LogP contribution in [0.1, 0.15) is 64.3 Å². The van der Waals surface area contributed by atoms with E-state index in [1.165, 1.54) is 5.56 Å². The van der Waals surface area contributed by atoms with E-state index in [1.54, 1.807) is 13.3 Å². The molecule has 2 heterocycles. The highest BCUT2D eigenvalue weighted by Gasteiger charge is 2.27. The molecule has 4 aromatic carbocycles. The molecule has 0 saturated carbocycles. The summed E-state index contributed by atoms with van der Waals surface area (Å²) in [4.78, 5) is 21.0. The molecule has 1 atom stereocenters. The van der Waals surface area contributed by atoms with Gasteiger partial charge in [0.2, 0.25) is 0 Å². The topological polar surface area (TPSA) is 54.5 Å². The molecule has 6 rings (SSSR count). The summed E-state index contributed by atoms with van der Waals surface area (Å²) in [6.07, 6.45) is 7.84. The number of hydrogen-bond donors (Lipinski definition) is 1. The van der Waals surface area contributed by atoms with E-state index in [0.717, 1.165) is 65.0 Å². The molecule has 0 bridgehead atoms. The van der Waals surface area contributed by atoms with E-state index in [1.807, 2.05) is 53.4 Å². The Bertz CT molecular complexity index is 1710. The largest absolute Gasteiger partial charge is 0.497 e. The molecule has 1 fully saturated rings. The van der Waals surface area contributed by atoms with Crippen LogP contribution in [0.15, 0.2) is 109 Å². The molecule has 1 amide bonds. The van der Waals surface area contributed by atoms with Gasteiger partial charge in [0.05, 0.1) is 23.9 Å². The van der Waals surface area contributed by atoms with E-state index in [0.29, 0.717) is 11.5 Å². The number of carbonyl (C=O) groups excluding carboxylic acids is 1. The van der Waals surface area contributed by atoms with Crippen LogP contribution in [0.2, 0.25) is 0 Å². The third-order valence-corrected chi connectivity index (χ3v) is 8.44. The Morgan fingerprint density at radius 3 is 2.28 bits per heavy atom. The fourth-order valence-corrected chi connectivity index (χ4v) is 5.95. The highest BCUT2D eigenvalue weighted by molar-refractivity contribution is 6.08. The summed E-state index contributed by atoms with van der Waals surface area (Å²) in [6, 6.07) is 35.1. The fourth-order valence-electron chi connectivity index (χ4n) is 5.95. The van der Waals surface area contributed by atoms with E-state index in [-0.39, 0.29) is 11.9 Å². The van der Waals surface area contributed by atoms with Gasteiger partial charge < -0.3 is 15.0 Å². The number of anilines is 1. The lowest BCUT2D eigenvalue weighted by Gasteiger charge is -2.33. The predicted molar refractivity (Wildman–Crippen MR) is 176 cm³/mol. The Labute approximate surface area is 253 Å². The van der Waals surface area contributed by atoms with E-state index in [9.17, 15) is 4.79 Å². The summed E-state index contributed by atoms with van der Waals surface area (Å²) in [5.41, 5.74) is 6.88. The number of ether oxygens (including phenoxy) is 1. The number of aromatic nitrogens is 1. The highest BCUT2D eigenvalue weighted by Crippen LogP contribution is 2.34. The SMILES string of the molecule is COc1ccc(/C=C/c2cccc3c(NC(C)c4ccccc4)c(C(=O)N4CCC(c5ccccc5)CC4)cnc23)cc1. The maximum atomic E-state index is 14.1. The van der Waals surface area contributed by atoms with Crippen LogP contribution in [0.4, 0.5) is 5.69 Å². The van der Waals surface area contributed by atoms with Gasteiger partial charge in [0.1, 0.15) is 5.75 Å². The zero-order chi connectivity index (χ0) is 29.6. The molecule has 1 saturated heterocycles. The summed E-state index contributed by atoms with van der Waals surface area (Å²) >= 11 is 0. The Balaban J connectivity index is 1.33. The highest BCUT2D eigenvalue weighted by atomic mass is 16.5. The number of amides is 1. The number of nitrogens with one attached hydrogen (secondary N) is 1. The molecule has 5 heteroatoms. The van der Waals surface area contributed by atoms with Crippen LogP contribution >= 0.6 is 0 Å². The molecule has 1 aromatic heterocycles. The van der Waals surface area contributed by atoms with Gasteiger partial charge in [-0.15, -0.1) is 0 Å². The van der Waals surface area contributed by atoms with E-state index >= 15 is 0 Å². The number of para-hydroxylation sites is 1. The van der Waals surface area contributed by atoms with Crippen molar-refractivity contribution in [2.45, 2.75) is 31.7 Å². The van der Waals surface area contributed by atoms with Crippen LogP contribution in [0.25, 0.3) is 23.1 Å². The standard InChI is InChI=1S/C38H37N3O2/c1-27(29-10-5-3-6-11-29)40-37-34-15-9-14-32(19-16-28-17-20-33(43-2)21-18-28)36(34)39-26-35(37)38(42)41-24-22-31(23-25-41)30-12-7-4-8-13-30/h3-21,26-27,31H,22-25H2,1-2H3,(H,39,40)/b19-16+. The van der Waals surface area contributed by atoms with Gasteiger partial charge in [-0.2, -0.15) is 0 Å². The summed E-state index contributed by atoms with van der Waals surface area (Å²) in [5, 5.41) is 4.65. The first kappa shape index (κ1) is 28.2. The van der Waals surface area contributed by atoms with Crippen LogP contribution in [-0.2, 0) is 0 Å². The Hall–Kier alpha value is -4.90. The van der Waals surface area contributed by atoms with Gasteiger partial charge in [0, 0.05) is 36.3 Å². The van der Waals surface area contributed by atoms with Crippen molar-refractivity contribution in [3.8, 4) is 5.75 Å². The molecule has 1 N–H and O–H groups in total. The minimum absolute atomic E-state index is 0.000615. The van der Waals surface area contributed by atoms with Crippen LogP contribution in [0.3, 0.4) is 0 Å². The number of fused-ring (bicyclic) bond motifs is 1. The lowest BCUT2D eigenvalue weighted by molar-refractivity contribution is 0.0713. The fraction of sp³-hybridized carbons (Fsp3) is 0.211. The van der Waals surface area contributed by atoms with Crippen LogP contribution in [0.5, 0.6) is 5.75 Å². The van der Waals surface area contributed by atoms with Crippen molar-refractivity contribution < 1.29 is 9.53 Å². The first-order valence-electron chi connectivity index (χ1n) is 15.0. The van der Waals surface area contributed by atoms with Gasteiger partial charge in [-0.05, 0) is 54.5 Å². The average Bonchev–Trinajstić information content (AvgIpc) is 3.08. The first-order chi connectivity index (χ1) is 21.1. The number of rotatable bonds is 8. The minimum Gasteiger partial charge on any atom is -0.497 e. The van der Waals surface area contributed by atoms with Gasteiger partial charge in [-0.3, -0.25) is 9.78 Å². The van der Waals surface area contributed by atoms with Crippen LogP contribution in [0, 0.1) is 0 Å². The lowest BCUT2D eigenvalue weighted by Crippen LogP contribution is -2.38. The number of pyridine rings is 1. The van der Waals surface area contributed by atoms with Gasteiger partial charge in [0.25, 0.3) is 5.91 Å². The van der Waals surface area contributed by atoms with Crippen molar-refractivity contribution in [2.75, 3.05) is 25.5 Å². The van der Waals surface area contributed by atoms with E-state index in [4.69, 9.17) is 9.72 Å². The average molecular weight is 568 g/mol. The molecule has 216 valence electrons. The number of piperidine rings is 1. The van der Waals surface area contributed by atoms with Crippen molar-refractivity contribution in [1.29, 1.82) is 0 Å². The maximum Gasteiger partial charge on any atom is 0.257 e. The first-order valence-corrected chi connectivity index (χ1v) is 15.0. The number of methoxy groups -OCH3 is 1. The molecule has 1 unspecified atom stereocenters. The summed E-state index contributed by atoms with van der Waals surface area (Å²) in [5.74, 6) is 1.34. The molecule has 0 radical (unpaired) electrons. The number of benzene rings is 4. The third-order valence-electron chi connectivity index (χ3n) is 8.44. The minimum atomic E-state index is 0.000615. The Morgan fingerprint density at radius 1 is 0.884 bits per heavy atom. The second-order valence-electron chi connectivity index (χ2n) is 11.2. The zero-order valence-electron chi connectivity index (χ0n) is 24.7. The Kier molecular flexibility index (Phi) is 8.50. The second-order valence-corrected chi connectivity index (χ2v) is 11.2. The number of likely N-dealkylation sites (tertiary alicyclic amines) is 1. The van der Waals surface area contributed by atoms with Crippen LogP contribution in [-0.4, -0.2) is 36.0 Å². The third kappa shape index (κ3) is 6.31. The van der Waals surface area contributed by atoms with Crippen molar-refractivity contribution in [3.05, 3.63) is 137 Å². The molecule has 1 aliphatic heterocycles. The lowest BCUT2D eigenvalue weighted by atomic mass is 9.89. The molecule has 5 nitrogen and oxygen atoms in total. The molecule has 0 aliphatic carbocycles. The zero-order valence-corrected chi connectivity index (χ0v) is 24.7.